The number of hydrogen-bond acceptors (Lipinski definition) is 3. The van der Waals surface area contributed by atoms with Gasteiger partial charge in [0.05, 0.1) is 13.0 Å². The van der Waals surface area contributed by atoms with Crippen molar-refractivity contribution in [1.29, 1.82) is 0 Å². The van der Waals surface area contributed by atoms with Gasteiger partial charge in [0.15, 0.2) is 0 Å². The highest BCUT2D eigenvalue weighted by Gasteiger charge is 2.35. The van der Waals surface area contributed by atoms with Crippen LogP contribution in [0.2, 0.25) is 0 Å². The number of hydrogen-bond donors (Lipinski definition) is 1. The molecular formula is C22H26N2O3. The van der Waals surface area contributed by atoms with Gasteiger partial charge < -0.3 is 15.0 Å². The van der Waals surface area contributed by atoms with Crippen LogP contribution >= 0.6 is 0 Å². The highest BCUT2D eigenvalue weighted by Crippen LogP contribution is 2.28. The number of carbonyl (C=O) groups excluding carboxylic acids is 2. The van der Waals surface area contributed by atoms with Gasteiger partial charge in [0, 0.05) is 24.3 Å². The molecule has 5 heteroatoms. The number of amides is 2. The molecule has 2 aromatic carbocycles. The van der Waals surface area contributed by atoms with Crippen molar-refractivity contribution in [2.24, 2.45) is 5.92 Å². The summed E-state index contributed by atoms with van der Waals surface area (Å²) in [7, 11) is 1.60. The van der Waals surface area contributed by atoms with E-state index in [0.29, 0.717) is 18.2 Å². The minimum Gasteiger partial charge on any atom is -0.497 e. The van der Waals surface area contributed by atoms with E-state index in [9.17, 15) is 9.59 Å². The van der Waals surface area contributed by atoms with E-state index in [4.69, 9.17) is 4.74 Å². The highest BCUT2D eigenvalue weighted by atomic mass is 16.5. The third-order valence-corrected chi connectivity index (χ3v) is 5.24. The van der Waals surface area contributed by atoms with Gasteiger partial charge in [-0.05, 0) is 54.3 Å². The lowest BCUT2D eigenvalue weighted by Crippen LogP contribution is -2.28. The summed E-state index contributed by atoms with van der Waals surface area (Å²) in [4.78, 5) is 26.7. The van der Waals surface area contributed by atoms with E-state index >= 15 is 0 Å². The maximum Gasteiger partial charge on any atom is 0.229 e. The molecule has 0 aromatic heterocycles. The van der Waals surface area contributed by atoms with Gasteiger partial charge in [-0.1, -0.05) is 26.0 Å². The van der Waals surface area contributed by atoms with Crippen LogP contribution in [-0.2, 0) is 9.59 Å². The summed E-state index contributed by atoms with van der Waals surface area (Å²) < 4.78 is 5.12. The van der Waals surface area contributed by atoms with Crippen LogP contribution in [-0.4, -0.2) is 25.5 Å². The summed E-state index contributed by atoms with van der Waals surface area (Å²) in [5.41, 5.74) is 2.82. The smallest absolute Gasteiger partial charge is 0.229 e. The van der Waals surface area contributed by atoms with E-state index in [1.807, 2.05) is 12.1 Å². The van der Waals surface area contributed by atoms with E-state index in [0.717, 1.165) is 17.9 Å². The SMILES string of the molecule is CC[C@H](C)c1ccc(N2C[C@@H](C(=O)Nc3ccc(OC)cc3)CC2=O)cc1. The maximum atomic E-state index is 12.6. The molecular weight excluding hydrogens is 340 g/mol. The topological polar surface area (TPSA) is 58.6 Å². The molecule has 0 radical (unpaired) electrons. The fourth-order valence-electron chi connectivity index (χ4n) is 3.27. The molecule has 142 valence electrons. The van der Waals surface area contributed by atoms with Crippen LogP contribution < -0.4 is 15.0 Å². The lowest BCUT2D eigenvalue weighted by atomic mass is 9.98. The van der Waals surface area contributed by atoms with E-state index in [2.05, 4.69) is 31.3 Å². The predicted octanol–water partition coefficient (Wildman–Crippen LogP) is 4.20. The number of ether oxygens (including phenoxy) is 1. The van der Waals surface area contributed by atoms with Crippen LogP contribution in [0.1, 0.15) is 38.2 Å². The average molecular weight is 366 g/mol. The highest BCUT2D eigenvalue weighted by molar-refractivity contribution is 6.03. The molecule has 2 amide bonds. The Morgan fingerprint density at radius 3 is 2.44 bits per heavy atom. The number of carbonyl (C=O) groups is 2. The van der Waals surface area contributed by atoms with E-state index in [1.165, 1.54) is 5.56 Å². The number of rotatable bonds is 6. The van der Waals surface area contributed by atoms with Gasteiger partial charge in [-0.2, -0.15) is 0 Å². The fraction of sp³-hybridized carbons (Fsp3) is 0.364. The lowest BCUT2D eigenvalue weighted by Gasteiger charge is -2.18. The maximum absolute atomic E-state index is 12.6. The molecule has 0 unspecified atom stereocenters. The first-order valence-corrected chi connectivity index (χ1v) is 9.37. The summed E-state index contributed by atoms with van der Waals surface area (Å²) in [6, 6.07) is 15.3. The molecule has 0 saturated carbocycles. The zero-order valence-corrected chi connectivity index (χ0v) is 16.1. The van der Waals surface area contributed by atoms with Crippen LogP contribution in [0.5, 0.6) is 5.75 Å². The number of nitrogens with zero attached hydrogens (tertiary/aromatic N) is 1. The molecule has 0 bridgehead atoms. The Morgan fingerprint density at radius 2 is 1.85 bits per heavy atom. The van der Waals surface area contributed by atoms with Crippen molar-refractivity contribution in [2.45, 2.75) is 32.6 Å². The molecule has 0 spiro atoms. The Labute approximate surface area is 160 Å². The molecule has 0 aliphatic carbocycles. The Bertz CT molecular complexity index is 799. The quantitative estimate of drug-likeness (QED) is 0.833. The first-order valence-electron chi connectivity index (χ1n) is 9.37. The van der Waals surface area contributed by atoms with Crippen molar-refractivity contribution in [3.63, 3.8) is 0 Å². The van der Waals surface area contributed by atoms with Crippen molar-refractivity contribution in [2.75, 3.05) is 23.9 Å². The zero-order valence-electron chi connectivity index (χ0n) is 16.1. The largest absolute Gasteiger partial charge is 0.497 e. The predicted molar refractivity (Wildman–Crippen MR) is 107 cm³/mol. The Balaban J connectivity index is 1.64. The fourth-order valence-corrected chi connectivity index (χ4v) is 3.27. The molecule has 3 rings (SSSR count). The minimum atomic E-state index is -0.353. The molecule has 1 saturated heterocycles. The number of methoxy groups -OCH3 is 1. The standard InChI is InChI=1S/C22H26N2O3/c1-4-15(2)16-5-9-19(10-6-16)24-14-17(13-21(24)25)22(26)23-18-7-11-20(27-3)12-8-18/h5-12,15,17H,4,13-14H2,1-3H3,(H,23,26)/t15-,17-/m0/s1. The summed E-state index contributed by atoms with van der Waals surface area (Å²) >= 11 is 0. The molecule has 1 heterocycles. The first-order chi connectivity index (χ1) is 13.0. The molecule has 1 fully saturated rings. The minimum absolute atomic E-state index is 0.0128. The average Bonchev–Trinajstić information content (AvgIpc) is 3.10. The third-order valence-electron chi connectivity index (χ3n) is 5.24. The van der Waals surface area contributed by atoms with Gasteiger partial charge in [-0.3, -0.25) is 9.59 Å². The van der Waals surface area contributed by atoms with Gasteiger partial charge in [-0.15, -0.1) is 0 Å². The molecule has 2 aromatic rings. The number of benzene rings is 2. The Hall–Kier alpha value is -2.82. The lowest BCUT2D eigenvalue weighted by molar-refractivity contribution is -0.122. The zero-order chi connectivity index (χ0) is 19.4. The third kappa shape index (κ3) is 4.30. The van der Waals surface area contributed by atoms with E-state index < -0.39 is 0 Å². The summed E-state index contributed by atoms with van der Waals surface area (Å²) in [5.74, 6) is 0.731. The van der Waals surface area contributed by atoms with Gasteiger partial charge in [0.2, 0.25) is 11.8 Å². The Kier molecular flexibility index (Phi) is 5.79. The molecule has 27 heavy (non-hydrogen) atoms. The van der Waals surface area contributed by atoms with Gasteiger partial charge in [0.1, 0.15) is 5.75 Å². The molecule has 1 N–H and O–H groups in total. The van der Waals surface area contributed by atoms with Crippen molar-refractivity contribution in [1.82, 2.24) is 0 Å². The van der Waals surface area contributed by atoms with E-state index in [-0.39, 0.29) is 24.2 Å². The Morgan fingerprint density at radius 1 is 1.19 bits per heavy atom. The van der Waals surface area contributed by atoms with Crippen molar-refractivity contribution in [3.8, 4) is 5.75 Å². The van der Waals surface area contributed by atoms with Crippen LogP contribution in [0.25, 0.3) is 0 Å². The van der Waals surface area contributed by atoms with Crippen molar-refractivity contribution >= 4 is 23.2 Å². The summed E-state index contributed by atoms with van der Waals surface area (Å²) in [5, 5.41) is 2.89. The van der Waals surface area contributed by atoms with Gasteiger partial charge in [-0.25, -0.2) is 0 Å². The molecule has 5 nitrogen and oxygen atoms in total. The van der Waals surface area contributed by atoms with Crippen LogP contribution in [0.3, 0.4) is 0 Å². The summed E-state index contributed by atoms with van der Waals surface area (Å²) in [6.07, 6.45) is 1.31. The monoisotopic (exact) mass is 366 g/mol. The van der Waals surface area contributed by atoms with Crippen molar-refractivity contribution in [3.05, 3.63) is 54.1 Å². The number of nitrogens with one attached hydrogen (secondary N) is 1. The molecule has 1 aliphatic heterocycles. The second-order valence-electron chi connectivity index (χ2n) is 7.02. The molecule has 1 aliphatic rings. The van der Waals surface area contributed by atoms with E-state index in [1.54, 1.807) is 36.3 Å². The second-order valence-corrected chi connectivity index (χ2v) is 7.02. The number of anilines is 2. The first kappa shape index (κ1) is 19.0. The summed E-state index contributed by atoms with van der Waals surface area (Å²) in [6.45, 7) is 4.76. The molecule has 2 atom stereocenters. The normalized spacial score (nSPS) is 17.7. The van der Waals surface area contributed by atoms with Crippen LogP contribution in [0, 0.1) is 5.92 Å². The second kappa shape index (κ2) is 8.25. The van der Waals surface area contributed by atoms with Crippen molar-refractivity contribution < 1.29 is 14.3 Å². The van der Waals surface area contributed by atoms with Gasteiger partial charge in [0.25, 0.3) is 0 Å². The van der Waals surface area contributed by atoms with Crippen LogP contribution in [0.4, 0.5) is 11.4 Å². The van der Waals surface area contributed by atoms with Crippen LogP contribution in [0.15, 0.2) is 48.5 Å². The van der Waals surface area contributed by atoms with Gasteiger partial charge >= 0.3 is 0 Å².